The molecule has 0 amide bonds. The number of guanidine groups is 1. The van der Waals surface area contributed by atoms with Gasteiger partial charge >= 0.3 is 0 Å². The van der Waals surface area contributed by atoms with Gasteiger partial charge in [0.2, 0.25) is 5.96 Å². The number of hydrazine groups is 1. The monoisotopic (exact) mass is 216 g/mol. The maximum Gasteiger partial charge on any atom is 0.206 e. The normalized spacial score (nSPS) is 12.3. The molecule has 0 aromatic heterocycles. The maximum atomic E-state index is 5.39. The van der Waals surface area contributed by atoms with Crippen molar-refractivity contribution in [3.63, 3.8) is 0 Å². The standard InChI is InChI=1S/C10H24N4O/c1-8(2)7-15-6-5-12-10(14-11)13-9(3)4/h8-9H,5-7,11H2,1-4H3,(H2,12,13,14). The lowest BCUT2D eigenvalue weighted by Gasteiger charge is -2.12. The largest absolute Gasteiger partial charge is 0.379 e. The van der Waals surface area contributed by atoms with E-state index in [2.05, 4.69) is 29.6 Å². The van der Waals surface area contributed by atoms with Crippen LogP contribution < -0.4 is 16.6 Å². The van der Waals surface area contributed by atoms with Gasteiger partial charge in [-0.2, -0.15) is 0 Å². The highest BCUT2D eigenvalue weighted by Gasteiger charge is 1.98. The second-order valence-corrected chi connectivity index (χ2v) is 4.14. The molecule has 0 radical (unpaired) electrons. The third kappa shape index (κ3) is 9.49. The number of ether oxygens (including phenoxy) is 1. The number of rotatable bonds is 6. The lowest BCUT2D eigenvalue weighted by atomic mass is 10.2. The van der Waals surface area contributed by atoms with Gasteiger partial charge in [-0.15, -0.1) is 0 Å². The quantitative estimate of drug-likeness (QED) is 0.198. The van der Waals surface area contributed by atoms with E-state index in [0.29, 0.717) is 31.1 Å². The Hall–Kier alpha value is -0.810. The summed E-state index contributed by atoms with van der Waals surface area (Å²) in [6.45, 7) is 10.3. The SMILES string of the molecule is CC(C)COCCN=C(NN)NC(C)C. The minimum atomic E-state index is 0.316. The minimum Gasteiger partial charge on any atom is -0.379 e. The first-order valence-corrected chi connectivity index (χ1v) is 5.41. The summed E-state index contributed by atoms with van der Waals surface area (Å²) in [5.74, 6) is 6.47. The smallest absolute Gasteiger partial charge is 0.206 e. The molecule has 0 aliphatic heterocycles. The summed E-state index contributed by atoms with van der Waals surface area (Å²) in [6, 6.07) is 0.316. The van der Waals surface area contributed by atoms with Crippen LogP contribution in [0, 0.1) is 5.92 Å². The maximum absolute atomic E-state index is 5.39. The van der Waals surface area contributed by atoms with Crippen LogP contribution in [0.1, 0.15) is 27.7 Å². The molecule has 0 saturated carbocycles. The van der Waals surface area contributed by atoms with Gasteiger partial charge in [0, 0.05) is 12.6 Å². The van der Waals surface area contributed by atoms with E-state index < -0.39 is 0 Å². The van der Waals surface area contributed by atoms with Crippen LogP contribution in [0.25, 0.3) is 0 Å². The van der Waals surface area contributed by atoms with Crippen molar-refractivity contribution in [2.75, 3.05) is 19.8 Å². The van der Waals surface area contributed by atoms with E-state index in [-0.39, 0.29) is 0 Å². The third-order valence-corrected chi connectivity index (χ3v) is 1.52. The zero-order valence-electron chi connectivity index (χ0n) is 10.2. The molecule has 0 aromatic carbocycles. The average Bonchev–Trinajstić information content (AvgIpc) is 2.14. The van der Waals surface area contributed by atoms with E-state index in [9.17, 15) is 0 Å². The summed E-state index contributed by atoms with van der Waals surface area (Å²) in [5, 5.41) is 3.09. The fourth-order valence-corrected chi connectivity index (χ4v) is 0.947. The van der Waals surface area contributed by atoms with E-state index in [1.165, 1.54) is 0 Å². The fourth-order valence-electron chi connectivity index (χ4n) is 0.947. The molecule has 15 heavy (non-hydrogen) atoms. The van der Waals surface area contributed by atoms with Crippen LogP contribution in [0.4, 0.5) is 0 Å². The number of nitrogens with one attached hydrogen (secondary N) is 2. The molecular formula is C10H24N4O. The molecule has 0 saturated heterocycles. The number of nitrogens with zero attached hydrogens (tertiary/aromatic N) is 1. The van der Waals surface area contributed by atoms with Gasteiger partial charge in [-0.3, -0.25) is 5.43 Å². The van der Waals surface area contributed by atoms with Crippen molar-refractivity contribution in [2.45, 2.75) is 33.7 Å². The fraction of sp³-hybridized carbons (Fsp3) is 0.900. The lowest BCUT2D eigenvalue weighted by molar-refractivity contribution is 0.117. The van der Waals surface area contributed by atoms with Crippen molar-refractivity contribution >= 4 is 5.96 Å². The van der Waals surface area contributed by atoms with Crippen LogP contribution in [0.3, 0.4) is 0 Å². The van der Waals surface area contributed by atoms with Crippen LogP contribution in [-0.4, -0.2) is 31.8 Å². The molecule has 0 unspecified atom stereocenters. The first-order valence-electron chi connectivity index (χ1n) is 5.41. The zero-order chi connectivity index (χ0) is 11.7. The number of hydrogen-bond acceptors (Lipinski definition) is 3. The van der Waals surface area contributed by atoms with Crippen LogP contribution in [-0.2, 0) is 4.74 Å². The summed E-state index contributed by atoms with van der Waals surface area (Å²) < 4.78 is 5.39. The van der Waals surface area contributed by atoms with Gasteiger partial charge in [0.15, 0.2) is 0 Å². The highest BCUT2D eigenvalue weighted by molar-refractivity contribution is 5.79. The van der Waals surface area contributed by atoms with Gasteiger partial charge in [-0.05, 0) is 19.8 Å². The molecule has 0 bridgehead atoms. The summed E-state index contributed by atoms with van der Waals surface area (Å²) in [4.78, 5) is 4.22. The Labute approximate surface area is 92.4 Å². The summed E-state index contributed by atoms with van der Waals surface area (Å²) in [5.41, 5.74) is 2.52. The molecule has 0 aliphatic rings. The zero-order valence-corrected chi connectivity index (χ0v) is 10.2. The topological polar surface area (TPSA) is 71.7 Å². The van der Waals surface area contributed by atoms with Crippen LogP contribution in [0.15, 0.2) is 4.99 Å². The van der Waals surface area contributed by atoms with Crippen LogP contribution in [0.5, 0.6) is 0 Å². The molecule has 0 aliphatic carbocycles. The molecule has 0 atom stereocenters. The average molecular weight is 216 g/mol. The Morgan fingerprint density at radius 2 is 2.00 bits per heavy atom. The molecule has 90 valence electrons. The highest BCUT2D eigenvalue weighted by Crippen LogP contribution is 1.91. The molecule has 0 spiro atoms. The summed E-state index contributed by atoms with van der Waals surface area (Å²) in [7, 11) is 0. The van der Waals surface area contributed by atoms with E-state index in [1.807, 2.05) is 13.8 Å². The highest BCUT2D eigenvalue weighted by atomic mass is 16.5. The summed E-state index contributed by atoms with van der Waals surface area (Å²) in [6.07, 6.45) is 0. The Balaban J connectivity index is 3.62. The molecule has 0 rings (SSSR count). The third-order valence-electron chi connectivity index (χ3n) is 1.52. The van der Waals surface area contributed by atoms with E-state index >= 15 is 0 Å². The van der Waals surface area contributed by atoms with Crippen molar-refractivity contribution in [2.24, 2.45) is 16.8 Å². The first-order chi connectivity index (χ1) is 7.06. The van der Waals surface area contributed by atoms with Gasteiger partial charge < -0.3 is 10.1 Å². The molecule has 4 N–H and O–H groups in total. The van der Waals surface area contributed by atoms with Gasteiger partial charge in [0.25, 0.3) is 0 Å². The summed E-state index contributed by atoms with van der Waals surface area (Å²) >= 11 is 0. The van der Waals surface area contributed by atoms with Crippen LogP contribution in [0.2, 0.25) is 0 Å². The Morgan fingerprint density at radius 3 is 2.47 bits per heavy atom. The second kappa shape index (κ2) is 8.49. The molecule has 0 fully saturated rings. The molecule has 5 heteroatoms. The van der Waals surface area contributed by atoms with Crippen molar-refractivity contribution in [3.8, 4) is 0 Å². The van der Waals surface area contributed by atoms with Crippen molar-refractivity contribution < 1.29 is 4.74 Å². The van der Waals surface area contributed by atoms with Crippen molar-refractivity contribution in [1.82, 2.24) is 10.7 Å². The molecular weight excluding hydrogens is 192 g/mol. The molecule has 5 nitrogen and oxygen atoms in total. The lowest BCUT2D eigenvalue weighted by Crippen LogP contribution is -2.44. The number of aliphatic imine (C=N–C) groups is 1. The van der Waals surface area contributed by atoms with E-state index in [1.54, 1.807) is 0 Å². The van der Waals surface area contributed by atoms with Crippen molar-refractivity contribution in [1.29, 1.82) is 0 Å². The van der Waals surface area contributed by atoms with Gasteiger partial charge in [-0.25, -0.2) is 10.8 Å². The molecule has 0 heterocycles. The van der Waals surface area contributed by atoms with Gasteiger partial charge in [-0.1, -0.05) is 13.8 Å². The first kappa shape index (κ1) is 14.2. The number of hydrogen-bond donors (Lipinski definition) is 3. The van der Waals surface area contributed by atoms with Crippen LogP contribution >= 0.6 is 0 Å². The van der Waals surface area contributed by atoms with Gasteiger partial charge in [0.1, 0.15) is 0 Å². The Bertz CT molecular complexity index is 180. The number of nitrogens with two attached hydrogens (primary N) is 1. The van der Waals surface area contributed by atoms with Gasteiger partial charge in [0.05, 0.1) is 13.2 Å². The Morgan fingerprint density at radius 1 is 1.33 bits per heavy atom. The second-order valence-electron chi connectivity index (χ2n) is 4.14. The molecule has 0 aromatic rings. The van der Waals surface area contributed by atoms with Crippen molar-refractivity contribution in [3.05, 3.63) is 0 Å². The van der Waals surface area contributed by atoms with E-state index in [0.717, 1.165) is 6.61 Å². The predicted octanol–water partition coefficient (Wildman–Crippen LogP) is 0.476. The predicted molar refractivity (Wildman–Crippen MR) is 63.6 cm³/mol. The minimum absolute atomic E-state index is 0.316. The Kier molecular flexibility index (Phi) is 8.04. The van der Waals surface area contributed by atoms with E-state index in [4.69, 9.17) is 10.6 Å².